The van der Waals surface area contributed by atoms with Crippen molar-refractivity contribution in [2.45, 2.75) is 20.3 Å². The van der Waals surface area contributed by atoms with Gasteiger partial charge in [0.25, 0.3) is 5.69 Å². The van der Waals surface area contributed by atoms with Crippen molar-refractivity contribution < 1.29 is 9.66 Å². The highest BCUT2D eigenvalue weighted by Gasteiger charge is 2.09. The van der Waals surface area contributed by atoms with Gasteiger partial charge in [-0.1, -0.05) is 13.8 Å². The molecule has 1 aromatic carbocycles. The fourth-order valence-electron chi connectivity index (χ4n) is 1.79. The Morgan fingerprint density at radius 1 is 1.37 bits per heavy atom. The lowest BCUT2D eigenvalue weighted by Crippen LogP contribution is -2.25. The third-order valence-corrected chi connectivity index (χ3v) is 2.97. The van der Waals surface area contributed by atoms with Gasteiger partial charge in [-0.05, 0) is 25.6 Å². The Labute approximate surface area is 113 Å². The van der Waals surface area contributed by atoms with Crippen molar-refractivity contribution in [1.82, 2.24) is 4.90 Å². The molecule has 0 fully saturated rings. The van der Waals surface area contributed by atoms with Crippen LogP contribution in [-0.4, -0.2) is 36.1 Å². The number of nitrogens with two attached hydrogens (primary N) is 1. The SMILES string of the molecule is CCN(CC)CCCOc1ccc([N+](=O)[O-])cc1N. The molecule has 2 N–H and O–H groups in total. The second-order valence-electron chi connectivity index (χ2n) is 4.21. The number of non-ortho nitro benzene ring substituents is 1. The molecule has 106 valence electrons. The van der Waals surface area contributed by atoms with Crippen LogP contribution in [0.3, 0.4) is 0 Å². The van der Waals surface area contributed by atoms with Gasteiger partial charge in [-0.15, -0.1) is 0 Å². The molecule has 0 saturated carbocycles. The molecule has 6 heteroatoms. The second-order valence-corrected chi connectivity index (χ2v) is 4.21. The van der Waals surface area contributed by atoms with Crippen LogP contribution >= 0.6 is 0 Å². The topological polar surface area (TPSA) is 81.6 Å². The molecule has 6 nitrogen and oxygen atoms in total. The fourth-order valence-corrected chi connectivity index (χ4v) is 1.79. The first kappa shape index (κ1) is 15.2. The van der Waals surface area contributed by atoms with E-state index in [0.717, 1.165) is 26.1 Å². The number of hydrogen-bond donors (Lipinski definition) is 1. The zero-order valence-electron chi connectivity index (χ0n) is 11.5. The van der Waals surface area contributed by atoms with E-state index < -0.39 is 4.92 Å². The first-order valence-corrected chi connectivity index (χ1v) is 6.47. The molecule has 0 aliphatic heterocycles. The van der Waals surface area contributed by atoms with Crippen LogP contribution in [0.25, 0.3) is 0 Å². The molecule has 1 aromatic rings. The van der Waals surface area contributed by atoms with E-state index in [2.05, 4.69) is 18.7 Å². The van der Waals surface area contributed by atoms with Crippen molar-refractivity contribution in [3.05, 3.63) is 28.3 Å². The van der Waals surface area contributed by atoms with E-state index in [4.69, 9.17) is 10.5 Å². The Kier molecular flexibility index (Phi) is 6.08. The maximum Gasteiger partial charge on any atom is 0.271 e. The maximum absolute atomic E-state index is 10.6. The summed E-state index contributed by atoms with van der Waals surface area (Å²) in [5, 5.41) is 10.6. The first-order valence-electron chi connectivity index (χ1n) is 6.47. The number of rotatable bonds is 8. The average Bonchev–Trinajstić information content (AvgIpc) is 2.40. The highest BCUT2D eigenvalue weighted by atomic mass is 16.6. The molecule has 0 spiro atoms. The van der Waals surface area contributed by atoms with Crippen molar-refractivity contribution in [2.24, 2.45) is 0 Å². The molecule has 0 unspecified atom stereocenters. The van der Waals surface area contributed by atoms with Gasteiger partial charge in [0.2, 0.25) is 0 Å². The molecule has 1 rings (SSSR count). The maximum atomic E-state index is 10.6. The van der Waals surface area contributed by atoms with E-state index in [1.165, 1.54) is 12.1 Å². The average molecular weight is 267 g/mol. The number of nitro benzene ring substituents is 1. The number of hydrogen-bond acceptors (Lipinski definition) is 5. The third-order valence-electron chi connectivity index (χ3n) is 2.97. The predicted octanol–water partition coefficient (Wildman–Crippen LogP) is 2.29. The van der Waals surface area contributed by atoms with Gasteiger partial charge >= 0.3 is 0 Å². The minimum atomic E-state index is -0.472. The zero-order chi connectivity index (χ0) is 14.3. The van der Waals surface area contributed by atoms with E-state index in [1.807, 2.05) is 0 Å². The van der Waals surface area contributed by atoms with Gasteiger partial charge in [0, 0.05) is 18.7 Å². The first-order chi connectivity index (χ1) is 9.08. The van der Waals surface area contributed by atoms with E-state index in [0.29, 0.717) is 18.0 Å². The molecular weight excluding hydrogens is 246 g/mol. The number of benzene rings is 1. The molecule has 0 amide bonds. The zero-order valence-corrected chi connectivity index (χ0v) is 11.5. The standard InChI is InChI=1S/C13H21N3O3/c1-3-15(4-2)8-5-9-19-13-7-6-11(16(17)18)10-12(13)14/h6-7,10H,3-5,8-9,14H2,1-2H3. The van der Waals surface area contributed by atoms with Gasteiger partial charge in [0.05, 0.1) is 17.2 Å². The fraction of sp³-hybridized carbons (Fsp3) is 0.538. The van der Waals surface area contributed by atoms with E-state index in [1.54, 1.807) is 6.07 Å². The van der Waals surface area contributed by atoms with Crippen LogP contribution in [0, 0.1) is 10.1 Å². The monoisotopic (exact) mass is 267 g/mol. The second kappa shape index (κ2) is 7.58. The molecule has 0 atom stereocenters. The smallest absolute Gasteiger partial charge is 0.271 e. The summed E-state index contributed by atoms with van der Waals surface area (Å²) in [6.07, 6.45) is 0.901. The minimum Gasteiger partial charge on any atom is -0.491 e. The molecule has 0 aromatic heterocycles. The van der Waals surface area contributed by atoms with Gasteiger partial charge in [0.1, 0.15) is 5.75 Å². The quantitative estimate of drug-likeness (QED) is 0.338. The summed E-state index contributed by atoms with van der Waals surface area (Å²) in [5.41, 5.74) is 6.00. The van der Waals surface area contributed by atoms with Crippen LogP contribution in [-0.2, 0) is 0 Å². The van der Waals surface area contributed by atoms with Crippen molar-refractivity contribution >= 4 is 11.4 Å². The van der Waals surface area contributed by atoms with Crippen LogP contribution < -0.4 is 10.5 Å². The van der Waals surface area contributed by atoms with Gasteiger partial charge in [0.15, 0.2) is 0 Å². The van der Waals surface area contributed by atoms with Crippen molar-refractivity contribution in [3.8, 4) is 5.75 Å². The summed E-state index contributed by atoms with van der Waals surface area (Å²) < 4.78 is 5.54. The van der Waals surface area contributed by atoms with E-state index in [-0.39, 0.29) is 5.69 Å². The molecular formula is C13H21N3O3. The Morgan fingerprint density at radius 2 is 2.05 bits per heavy atom. The van der Waals surface area contributed by atoms with Crippen molar-refractivity contribution in [1.29, 1.82) is 0 Å². The Morgan fingerprint density at radius 3 is 2.58 bits per heavy atom. The van der Waals surface area contributed by atoms with Gasteiger partial charge < -0.3 is 15.4 Å². The van der Waals surface area contributed by atoms with Crippen LogP contribution in [0.5, 0.6) is 5.75 Å². The number of nitrogen functional groups attached to an aromatic ring is 1. The van der Waals surface area contributed by atoms with Crippen LogP contribution in [0.2, 0.25) is 0 Å². The summed E-state index contributed by atoms with van der Waals surface area (Å²) >= 11 is 0. The van der Waals surface area contributed by atoms with Crippen LogP contribution in [0.15, 0.2) is 18.2 Å². The summed E-state index contributed by atoms with van der Waals surface area (Å²) in [6, 6.07) is 4.26. The molecule has 0 aliphatic rings. The Hall–Kier alpha value is -1.82. The molecule has 0 bridgehead atoms. The van der Waals surface area contributed by atoms with Gasteiger partial charge in [-0.25, -0.2) is 0 Å². The number of nitro groups is 1. The number of ether oxygens (including phenoxy) is 1. The highest BCUT2D eigenvalue weighted by Crippen LogP contribution is 2.26. The molecule has 0 radical (unpaired) electrons. The summed E-state index contributed by atoms with van der Waals surface area (Å²) in [4.78, 5) is 12.4. The third kappa shape index (κ3) is 4.75. The van der Waals surface area contributed by atoms with E-state index in [9.17, 15) is 10.1 Å². The molecule has 0 heterocycles. The normalized spacial score (nSPS) is 10.7. The highest BCUT2D eigenvalue weighted by molar-refractivity contribution is 5.58. The van der Waals surface area contributed by atoms with Gasteiger partial charge in [-0.3, -0.25) is 10.1 Å². The summed E-state index contributed by atoms with van der Waals surface area (Å²) in [7, 11) is 0. The molecule has 0 saturated heterocycles. The Balaban J connectivity index is 2.43. The molecule has 0 aliphatic carbocycles. The summed E-state index contributed by atoms with van der Waals surface area (Å²) in [6.45, 7) is 7.82. The van der Waals surface area contributed by atoms with E-state index >= 15 is 0 Å². The summed E-state index contributed by atoms with van der Waals surface area (Å²) in [5.74, 6) is 0.505. The lowest BCUT2D eigenvalue weighted by molar-refractivity contribution is -0.384. The molecule has 19 heavy (non-hydrogen) atoms. The lowest BCUT2D eigenvalue weighted by Gasteiger charge is -2.17. The minimum absolute atomic E-state index is 0.0204. The number of nitrogens with zero attached hydrogens (tertiary/aromatic N) is 2. The Bertz CT molecular complexity index is 420. The predicted molar refractivity (Wildman–Crippen MR) is 75.4 cm³/mol. The number of anilines is 1. The van der Waals surface area contributed by atoms with Crippen LogP contribution in [0.1, 0.15) is 20.3 Å². The van der Waals surface area contributed by atoms with Crippen molar-refractivity contribution in [3.63, 3.8) is 0 Å². The lowest BCUT2D eigenvalue weighted by atomic mass is 10.2. The van der Waals surface area contributed by atoms with Gasteiger partial charge in [-0.2, -0.15) is 0 Å². The van der Waals surface area contributed by atoms with Crippen molar-refractivity contribution in [2.75, 3.05) is 32.0 Å². The van der Waals surface area contributed by atoms with Crippen LogP contribution in [0.4, 0.5) is 11.4 Å². The largest absolute Gasteiger partial charge is 0.491 e.